The van der Waals surface area contributed by atoms with E-state index in [0.29, 0.717) is 13.2 Å². The average Bonchev–Trinajstić information content (AvgIpc) is 3.00. The first-order valence-corrected chi connectivity index (χ1v) is 10.6. The van der Waals surface area contributed by atoms with Gasteiger partial charge in [0.15, 0.2) is 5.79 Å². The van der Waals surface area contributed by atoms with Crippen LogP contribution in [0.25, 0.3) is 0 Å². The largest absolute Gasteiger partial charge is 0.387 e. The number of hydrogen-bond acceptors (Lipinski definition) is 6. The Balaban J connectivity index is 1.76. The molecule has 1 heterocycles. The highest BCUT2D eigenvalue weighted by atomic mass is 16.8. The van der Waals surface area contributed by atoms with Crippen molar-refractivity contribution in [3.8, 4) is 0 Å². The molecule has 2 aliphatic carbocycles. The standard InChI is InChI=1S/C20H36O6/c1-3-5-12-23-16-14(21)15(22)17(24-13-6-4-2)19-18(16)25-20(26-19)10-8-7-9-11-20/h14-19,21-22H,3-13H2,1-2H3/t14-,15+,16?,17?,18-,19?/m1/s1. The maximum absolute atomic E-state index is 10.7. The topological polar surface area (TPSA) is 77.4 Å². The molecule has 152 valence electrons. The molecular weight excluding hydrogens is 336 g/mol. The van der Waals surface area contributed by atoms with Gasteiger partial charge in [-0.3, -0.25) is 0 Å². The highest BCUT2D eigenvalue weighted by Crippen LogP contribution is 2.46. The smallest absolute Gasteiger partial charge is 0.169 e. The van der Waals surface area contributed by atoms with Crippen LogP contribution in [-0.4, -0.2) is 65.8 Å². The van der Waals surface area contributed by atoms with Crippen molar-refractivity contribution in [2.24, 2.45) is 0 Å². The molecule has 0 amide bonds. The number of aliphatic hydroxyl groups is 2. The molecule has 1 aliphatic heterocycles. The number of fused-ring (bicyclic) bond motifs is 1. The minimum atomic E-state index is -1.03. The van der Waals surface area contributed by atoms with Crippen LogP contribution >= 0.6 is 0 Å². The van der Waals surface area contributed by atoms with Crippen molar-refractivity contribution < 1.29 is 29.2 Å². The number of aliphatic hydroxyl groups excluding tert-OH is 2. The van der Waals surface area contributed by atoms with E-state index in [9.17, 15) is 10.2 Å². The maximum atomic E-state index is 10.7. The first-order chi connectivity index (χ1) is 12.6. The number of hydrogen-bond donors (Lipinski definition) is 2. The van der Waals surface area contributed by atoms with E-state index in [1.807, 2.05) is 0 Å². The molecule has 6 atom stereocenters. The molecule has 2 N–H and O–H groups in total. The van der Waals surface area contributed by atoms with Crippen LogP contribution in [0.1, 0.15) is 71.6 Å². The number of rotatable bonds is 8. The third-order valence-electron chi connectivity index (χ3n) is 5.93. The molecule has 1 saturated heterocycles. The molecule has 1 spiro atoms. The second-order valence-corrected chi connectivity index (χ2v) is 8.00. The molecule has 6 heteroatoms. The molecule has 26 heavy (non-hydrogen) atoms. The average molecular weight is 373 g/mol. The zero-order valence-corrected chi connectivity index (χ0v) is 16.3. The monoisotopic (exact) mass is 372 g/mol. The number of ether oxygens (including phenoxy) is 4. The van der Waals surface area contributed by atoms with Gasteiger partial charge in [-0.15, -0.1) is 0 Å². The molecule has 3 rings (SSSR count). The van der Waals surface area contributed by atoms with E-state index in [1.165, 1.54) is 6.42 Å². The van der Waals surface area contributed by atoms with Gasteiger partial charge in [-0.05, 0) is 25.7 Å². The molecule has 0 aromatic carbocycles. The molecule has 3 aliphatic rings. The van der Waals surface area contributed by atoms with E-state index in [-0.39, 0.29) is 0 Å². The Bertz CT molecular complexity index is 393. The van der Waals surface area contributed by atoms with Crippen LogP contribution < -0.4 is 0 Å². The Hall–Kier alpha value is -0.240. The van der Waals surface area contributed by atoms with Gasteiger partial charge >= 0.3 is 0 Å². The van der Waals surface area contributed by atoms with Gasteiger partial charge < -0.3 is 29.2 Å². The molecule has 3 fully saturated rings. The summed E-state index contributed by atoms with van der Waals surface area (Å²) in [6, 6.07) is 0. The van der Waals surface area contributed by atoms with Gasteiger partial charge in [-0.1, -0.05) is 33.1 Å². The highest BCUT2D eigenvalue weighted by Gasteiger charge is 2.60. The lowest BCUT2D eigenvalue weighted by Crippen LogP contribution is -2.64. The minimum absolute atomic E-state index is 0.394. The third-order valence-corrected chi connectivity index (χ3v) is 5.93. The predicted molar refractivity (Wildman–Crippen MR) is 96.9 cm³/mol. The lowest BCUT2D eigenvalue weighted by Gasteiger charge is -2.43. The molecule has 0 bridgehead atoms. The minimum Gasteiger partial charge on any atom is -0.387 e. The fourth-order valence-corrected chi connectivity index (χ4v) is 4.38. The molecular formula is C20H36O6. The van der Waals surface area contributed by atoms with E-state index in [1.54, 1.807) is 0 Å². The Morgan fingerprint density at radius 1 is 0.808 bits per heavy atom. The lowest BCUT2D eigenvalue weighted by atomic mass is 9.84. The quantitative estimate of drug-likeness (QED) is 0.638. The Kier molecular flexibility index (Phi) is 7.33. The Labute approximate surface area is 157 Å². The third kappa shape index (κ3) is 4.26. The van der Waals surface area contributed by atoms with Crippen molar-refractivity contribution >= 4 is 0 Å². The normalized spacial score (nSPS) is 39.2. The highest BCUT2D eigenvalue weighted by molar-refractivity contribution is 5.06. The zero-order valence-electron chi connectivity index (χ0n) is 16.3. The second kappa shape index (κ2) is 9.30. The van der Waals surface area contributed by atoms with Crippen molar-refractivity contribution in [3.05, 3.63) is 0 Å². The van der Waals surface area contributed by atoms with Gasteiger partial charge in [0, 0.05) is 26.1 Å². The lowest BCUT2D eigenvalue weighted by molar-refractivity contribution is -0.218. The van der Waals surface area contributed by atoms with Gasteiger partial charge in [0.1, 0.15) is 36.6 Å². The fraction of sp³-hybridized carbons (Fsp3) is 1.00. The van der Waals surface area contributed by atoms with E-state index < -0.39 is 42.4 Å². The van der Waals surface area contributed by atoms with Crippen molar-refractivity contribution in [2.45, 2.75) is 114 Å². The van der Waals surface area contributed by atoms with Crippen molar-refractivity contribution in [1.29, 1.82) is 0 Å². The molecule has 2 saturated carbocycles. The van der Waals surface area contributed by atoms with Crippen molar-refractivity contribution in [3.63, 3.8) is 0 Å². The fourth-order valence-electron chi connectivity index (χ4n) is 4.38. The SMILES string of the molecule is CCCCOC1C2OC3(CCCCC3)O[C@@H]2C(OCCCC)[C@H](O)[C@@H]1O. The summed E-state index contributed by atoms with van der Waals surface area (Å²) in [5, 5.41) is 21.4. The van der Waals surface area contributed by atoms with Gasteiger partial charge in [0.2, 0.25) is 0 Å². The van der Waals surface area contributed by atoms with Crippen LogP contribution in [0.5, 0.6) is 0 Å². The number of unbranched alkanes of at least 4 members (excludes halogenated alkanes) is 2. The molecule has 0 radical (unpaired) electrons. The van der Waals surface area contributed by atoms with Gasteiger partial charge in [0.25, 0.3) is 0 Å². The van der Waals surface area contributed by atoms with E-state index in [0.717, 1.165) is 51.4 Å². The van der Waals surface area contributed by atoms with E-state index in [2.05, 4.69) is 13.8 Å². The van der Waals surface area contributed by atoms with Gasteiger partial charge in [-0.2, -0.15) is 0 Å². The summed E-state index contributed by atoms with van der Waals surface area (Å²) in [6.07, 6.45) is 4.94. The van der Waals surface area contributed by atoms with Crippen LogP contribution in [0.3, 0.4) is 0 Å². The molecule has 0 aromatic heterocycles. The summed E-state index contributed by atoms with van der Waals surface area (Å²) in [5.74, 6) is -0.601. The summed E-state index contributed by atoms with van der Waals surface area (Å²) < 4.78 is 24.7. The first kappa shape index (κ1) is 20.5. The van der Waals surface area contributed by atoms with Crippen molar-refractivity contribution in [1.82, 2.24) is 0 Å². The van der Waals surface area contributed by atoms with Gasteiger partial charge in [-0.25, -0.2) is 0 Å². The summed E-state index contributed by atoms with van der Waals surface area (Å²) in [6.45, 7) is 5.29. The predicted octanol–water partition coefficient (Wildman–Crippen LogP) is 2.54. The zero-order chi connectivity index (χ0) is 18.6. The second-order valence-electron chi connectivity index (χ2n) is 8.00. The summed E-state index contributed by atoms with van der Waals surface area (Å²) in [5.41, 5.74) is 0. The van der Waals surface area contributed by atoms with Crippen LogP contribution in [0.4, 0.5) is 0 Å². The van der Waals surface area contributed by atoms with Crippen LogP contribution in [0.2, 0.25) is 0 Å². The Morgan fingerprint density at radius 3 is 1.69 bits per heavy atom. The molecule has 6 nitrogen and oxygen atoms in total. The van der Waals surface area contributed by atoms with Crippen LogP contribution in [0.15, 0.2) is 0 Å². The molecule has 0 aromatic rings. The summed E-state index contributed by atoms with van der Waals surface area (Å²) in [4.78, 5) is 0. The van der Waals surface area contributed by atoms with E-state index >= 15 is 0 Å². The van der Waals surface area contributed by atoms with Gasteiger partial charge in [0.05, 0.1) is 0 Å². The Morgan fingerprint density at radius 2 is 1.27 bits per heavy atom. The van der Waals surface area contributed by atoms with E-state index in [4.69, 9.17) is 18.9 Å². The van der Waals surface area contributed by atoms with Crippen LogP contribution in [-0.2, 0) is 18.9 Å². The summed E-state index contributed by atoms with van der Waals surface area (Å²) in [7, 11) is 0. The summed E-state index contributed by atoms with van der Waals surface area (Å²) >= 11 is 0. The molecule has 3 unspecified atom stereocenters. The van der Waals surface area contributed by atoms with Crippen molar-refractivity contribution in [2.75, 3.05) is 13.2 Å². The van der Waals surface area contributed by atoms with Crippen LogP contribution in [0, 0.1) is 0 Å². The first-order valence-electron chi connectivity index (χ1n) is 10.6. The maximum Gasteiger partial charge on any atom is 0.169 e.